The second-order valence-corrected chi connectivity index (χ2v) is 6.96. The molecule has 2 aromatic heterocycles. The van der Waals surface area contributed by atoms with E-state index in [2.05, 4.69) is 29.6 Å². The normalized spacial score (nSPS) is 11.0. The third-order valence-electron chi connectivity index (χ3n) is 3.58. The number of nitrogens with one attached hydrogen (secondary N) is 1. The summed E-state index contributed by atoms with van der Waals surface area (Å²) in [4.78, 5) is 12.3. The predicted octanol–water partition coefficient (Wildman–Crippen LogP) is 2.71. The lowest BCUT2D eigenvalue weighted by molar-refractivity contribution is -0.113. The Labute approximate surface area is 157 Å². The van der Waals surface area contributed by atoms with Gasteiger partial charge in [-0.25, -0.2) is 0 Å². The van der Waals surface area contributed by atoms with Crippen molar-refractivity contribution in [3.63, 3.8) is 0 Å². The lowest BCUT2D eigenvalue weighted by atomic mass is 10.2. The first-order valence-electron chi connectivity index (χ1n) is 7.70. The number of aryl methyl sites for hydroxylation is 1. The van der Waals surface area contributed by atoms with Gasteiger partial charge in [-0.2, -0.15) is 13.4 Å². The zero-order chi connectivity index (χ0) is 17.9. The maximum Gasteiger partial charge on any atom is 0.234 e. The third kappa shape index (κ3) is 3.41. The number of benzene rings is 2. The number of carbonyl (C=O) groups excluding carboxylic acids is 1. The number of tetrazole rings is 1. The van der Waals surface area contributed by atoms with Gasteiger partial charge < -0.3 is 5.32 Å². The molecule has 1 amide bonds. The van der Waals surface area contributed by atoms with Crippen LogP contribution in [-0.2, 0) is 4.79 Å². The minimum Gasteiger partial charge on any atom is -0.323 e. The van der Waals surface area contributed by atoms with Gasteiger partial charge in [0.1, 0.15) is 11.0 Å². The SMILES string of the molecule is Cc1cccc(-n2nnnc2SCC(=O)Nc2cccc3nsnc23)c1. The first-order chi connectivity index (χ1) is 12.7. The molecule has 26 heavy (non-hydrogen) atoms. The average molecular weight is 383 g/mol. The van der Waals surface area contributed by atoms with Crippen LogP contribution in [0.1, 0.15) is 5.56 Å². The van der Waals surface area contributed by atoms with Crippen LogP contribution in [0.4, 0.5) is 5.69 Å². The van der Waals surface area contributed by atoms with Gasteiger partial charge in [0.05, 0.1) is 28.9 Å². The lowest BCUT2D eigenvalue weighted by Crippen LogP contribution is -2.15. The minimum absolute atomic E-state index is 0.158. The van der Waals surface area contributed by atoms with Crippen LogP contribution in [-0.4, -0.2) is 40.6 Å². The van der Waals surface area contributed by atoms with Crippen molar-refractivity contribution < 1.29 is 4.79 Å². The van der Waals surface area contributed by atoms with E-state index < -0.39 is 0 Å². The molecule has 0 aliphatic heterocycles. The summed E-state index contributed by atoms with van der Waals surface area (Å²) >= 11 is 2.39. The molecule has 2 heterocycles. The Morgan fingerprint density at radius 3 is 3.00 bits per heavy atom. The van der Waals surface area contributed by atoms with Crippen molar-refractivity contribution in [3.05, 3.63) is 48.0 Å². The zero-order valence-corrected chi connectivity index (χ0v) is 15.3. The molecule has 130 valence electrons. The highest BCUT2D eigenvalue weighted by molar-refractivity contribution is 7.99. The highest BCUT2D eigenvalue weighted by Gasteiger charge is 2.13. The van der Waals surface area contributed by atoms with Crippen LogP contribution >= 0.6 is 23.5 Å². The van der Waals surface area contributed by atoms with E-state index in [0.717, 1.165) is 28.5 Å². The van der Waals surface area contributed by atoms with E-state index in [1.54, 1.807) is 4.68 Å². The van der Waals surface area contributed by atoms with Crippen LogP contribution in [0, 0.1) is 6.92 Å². The molecule has 10 heteroatoms. The number of amides is 1. The van der Waals surface area contributed by atoms with E-state index >= 15 is 0 Å². The lowest BCUT2D eigenvalue weighted by Gasteiger charge is -2.06. The van der Waals surface area contributed by atoms with Gasteiger partial charge in [-0.05, 0) is 47.2 Å². The summed E-state index contributed by atoms with van der Waals surface area (Å²) in [5, 5.41) is 15.2. The summed E-state index contributed by atoms with van der Waals surface area (Å²) in [5.74, 6) is 0.0226. The van der Waals surface area contributed by atoms with Crippen LogP contribution in [0.3, 0.4) is 0 Å². The molecule has 0 saturated heterocycles. The quantitative estimate of drug-likeness (QED) is 0.529. The number of thioether (sulfide) groups is 1. The maximum absolute atomic E-state index is 12.3. The fourth-order valence-electron chi connectivity index (χ4n) is 2.41. The molecule has 2 aromatic carbocycles. The van der Waals surface area contributed by atoms with Crippen molar-refractivity contribution >= 4 is 46.1 Å². The molecule has 0 fully saturated rings. The smallest absolute Gasteiger partial charge is 0.234 e. The van der Waals surface area contributed by atoms with Crippen molar-refractivity contribution in [1.82, 2.24) is 29.0 Å². The molecule has 0 radical (unpaired) electrons. The fourth-order valence-corrected chi connectivity index (χ4v) is 3.65. The Balaban J connectivity index is 1.46. The van der Waals surface area contributed by atoms with Gasteiger partial charge in [0.2, 0.25) is 11.1 Å². The summed E-state index contributed by atoms with van der Waals surface area (Å²) in [6.07, 6.45) is 0. The molecule has 1 N–H and O–H groups in total. The van der Waals surface area contributed by atoms with Crippen LogP contribution in [0.5, 0.6) is 0 Å². The van der Waals surface area contributed by atoms with Crippen molar-refractivity contribution in [2.45, 2.75) is 12.1 Å². The van der Waals surface area contributed by atoms with Crippen LogP contribution in [0.15, 0.2) is 47.6 Å². The van der Waals surface area contributed by atoms with Crippen molar-refractivity contribution in [2.75, 3.05) is 11.1 Å². The number of nitrogens with zero attached hydrogens (tertiary/aromatic N) is 6. The van der Waals surface area contributed by atoms with Crippen molar-refractivity contribution in [1.29, 1.82) is 0 Å². The Bertz CT molecular complexity index is 1080. The molecule has 4 aromatic rings. The second kappa shape index (κ2) is 7.18. The topological polar surface area (TPSA) is 98.5 Å². The molecule has 0 spiro atoms. The number of carbonyl (C=O) groups is 1. The second-order valence-electron chi connectivity index (χ2n) is 5.49. The Hall–Kier alpha value is -2.85. The van der Waals surface area contributed by atoms with Gasteiger partial charge in [0.15, 0.2) is 0 Å². The maximum atomic E-state index is 12.3. The van der Waals surface area contributed by atoms with Gasteiger partial charge in [0.25, 0.3) is 0 Å². The monoisotopic (exact) mass is 383 g/mol. The van der Waals surface area contributed by atoms with E-state index in [1.165, 1.54) is 11.8 Å². The molecule has 0 saturated carbocycles. The van der Waals surface area contributed by atoms with Gasteiger partial charge in [0, 0.05) is 0 Å². The summed E-state index contributed by atoms with van der Waals surface area (Å²) in [6, 6.07) is 13.4. The zero-order valence-electron chi connectivity index (χ0n) is 13.7. The summed E-state index contributed by atoms with van der Waals surface area (Å²) in [5.41, 5.74) is 4.08. The number of hydrogen-bond donors (Lipinski definition) is 1. The van der Waals surface area contributed by atoms with Gasteiger partial charge in [-0.3, -0.25) is 4.79 Å². The van der Waals surface area contributed by atoms with Gasteiger partial charge in [-0.1, -0.05) is 30.0 Å². The minimum atomic E-state index is -0.158. The standard InChI is InChI=1S/C16H13N7OS2/c1-10-4-2-5-11(8-10)23-16(18-21-22-23)25-9-14(24)17-12-6-3-7-13-15(12)20-26-19-13/h2-8H,9H2,1H3,(H,17,24). The number of rotatable bonds is 5. The molecule has 0 aliphatic carbocycles. The van der Waals surface area contributed by atoms with Crippen LogP contribution in [0.2, 0.25) is 0 Å². The third-order valence-corrected chi connectivity index (χ3v) is 5.04. The van der Waals surface area contributed by atoms with Gasteiger partial charge in [-0.15, -0.1) is 5.10 Å². The molecular weight excluding hydrogens is 370 g/mol. The van der Waals surface area contributed by atoms with E-state index in [1.807, 2.05) is 49.4 Å². The Morgan fingerprint density at radius 2 is 2.12 bits per heavy atom. The highest BCUT2D eigenvalue weighted by atomic mass is 32.2. The van der Waals surface area contributed by atoms with Crippen molar-refractivity contribution in [3.8, 4) is 5.69 Å². The average Bonchev–Trinajstić information content (AvgIpc) is 3.29. The van der Waals surface area contributed by atoms with Crippen LogP contribution < -0.4 is 5.32 Å². The largest absolute Gasteiger partial charge is 0.323 e. The molecule has 8 nitrogen and oxygen atoms in total. The van der Waals surface area contributed by atoms with Crippen molar-refractivity contribution in [2.24, 2.45) is 0 Å². The predicted molar refractivity (Wildman–Crippen MR) is 101 cm³/mol. The Morgan fingerprint density at radius 1 is 1.23 bits per heavy atom. The molecule has 0 bridgehead atoms. The summed E-state index contributed by atoms with van der Waals surface area (Å²) in [6.45, 7) is 2.00. The van der Waals surface area contributed by atoms with Gasteiger partial charge >= 0.3 is 0 Å². The first kappa shape index (κ1) is 16.6. The molecule has 0 atom stereocenters. The first-order valence-corrected chi connectivity index (χ1v) is 9.41. The Kier molecular flexibility index (Phi) is 4.59. The van der Waals surface area contributed by atoms with Crippen LogP contribution in [0.25, 0.3) is 16.7 Å². The number of fused-ring (bicyclic) bond motifs is 1. The van der Waals surface area contributed by atoms with E-state index in [9.17, 15) is 4.79 Å². The van der Waals surface area contributed by atoms with E-state index in [4.69, 9.17) is 0 Å². The number of anilines is 1. The molecule has 0 aliphatic rings. The fraction of sp³-hybridized carbons (Fsp3) is 0.125. The molecule has 4 rings (SSSR count). The highest BCUT2D eigenvalue weighted by Crippen LogP contribution is 2.22. The summed E-state index contributed by atoms with van der Waals surface area (Å²) in [7, 11) is 0. The number of aromatic nitrogens is 6. The molecule has 0 unspecified atom stereocenters. The summed E-state index contributed by atoms with van der Waals surface area (Å²) < 4.78 is 10.0. The van der Waals surface area contributed by atoms with E-state index in [0.29, 0.717) is 16.4 Å². The van der Waals surface area contributed by atoms with E-state index in [-0.39, 0.29) is 11.7 Å². The number of hydrogen-bond acceptors (Lipinski definition) is 8. The molecular formula is C16H13N7OS2.